The first-order valence-corrected chi connectivity index (χ1v) is 8.11. The molecule has 0 saturated carbocycles. The Labute approximate surface area is 153 Å². The zero-order chi connectivity index (χ0) is 18.1. The largest absolute Gasteiger partial charge is 0.398 e. The summed E-state index contributed by atoms with van der Waals surface area (Å²) in [6.45, 7) is 1.78. The fourth-order valence-corrected chi connectivity index (χ4v) is 3.15. The van der Waals surface area contributed by atoms with Crippen LogP contribution >= 0.6 is 23.2 Å². The van der Waals surface area contributed by atoms with Crippen molar-refractivity contribution in [2.45, 2.75) is 13.3 Å². The van der Waals surface area contributed by atoms with Crippen molar-refractivity contribution in [1.29, 1.82) is 0 Å². The van der Waals surface area contributed by atoms with Crippen molar-refractivity contribution in [3.8, 4) is 11.1 Å². The van der Waals surface area contributed by atoms with E-state index in [-0.39, 0.29) is 27.7 Å². The van der Waals surface area contributed by atoms with Gasteiger partial charge in [0, 0.05) is 39.5 Å². The van der Waals surface area contributed by atoms with Gasteiger partial charge in [-0.05, 0) is 37.3 Å². The molecule has 0 spiro atoms. The first kappa shape index (κ1) is 17.6. The van der Waals surface area contributed by atoms with E-state index in [0.717, 1.165) is 0 Å². The molecule has 0 amide bonds. The van der Waals surface area contributed by atoms with Gasteiger partial charge in [0.2, 0.25) is 0 Å². The summed E-state index contributed by atoms with van der Waals surface area (Å²) in [5.74, 6) is -0.963. The fourth-order valence-electron chi connectivity index (χ4n) is 2.68. The Hall–Kier alpha value is -2.24. The SMILES string of the molecule is Cc1ncnc(Cc2c(N)cc(Cl)cc2F)c1-c1ccc(F)cc1Cl. The number of nitrogens with zero attached hydrogens (tertiary/aromatic N) is 2. The van der Waals surface area contributed by atoms with E-state index in [0.29, 0.717) is 22.5 Å². The molecule has 2 N–H and O–H groups in total. The van der Waals surface area contributed by atoms with Crippen LogP contribution in [0.4, 0.5) is 14.5 Å². The fraction of sp³-hybridized carbons (Fsp3) is 0.111. The van der Waals surface area contributed by atoms with E-state index < -0.39 is 11.6 Å². The molecular weight excluding hydrogens is 367 g/mol. The number of aryl methyl sites for hydroxylation is 1. The van der Waals surface area contributed by atoms with Crippen molar-refractivity contribution < 1.29 is 8.78 Å². The van der Waals surface area contributed by atoms with Gasteiger partial charge in [-0.15, -0.1) is 0 Å². The summed E-state index contributed by atoms with van der Waals surface area (Å²) >= 11 is 12.0. The first-order chi connectivity index (χ1) is 11.9. The Bertz CT molecular complexity index is 938. The van der Waals surface area contributed by atoms with Crippen molar-refractivity contribution in [2.24, 2.45) is 0 Å². The zero-order valence-corrected chi connectivity index (χ0v) is 14.7. The molecule has 0 aliphatic carbocycles. The van der Waals surface area contributed by atoms with Gasteiger partial charge in [0.05, 0.1) is 10.7 Å². The van der Waals surface area contributed by atoms with E-state index >= 15 is 0 Å². The van der Waals surface area contributed by atoms with Crippen LogP contribution in [0.1, 0.15) is 17.0 Å². The molecule has 0 saturated heterocycles. The lowest BCUT2D eigenvalue weighted by Crippen LogP contribution is -2.05. The maximum absolute atomic E-state index is 14.3. The van der Waals surface area contributed by atoms with Gasteiger partial charge in [-0.2, -0.15) is 0 Å². The minimum atomic E-state index is -0.516. The van der Waals surface area contributed by atoms with Crippen LogP contribution in [0, 0.1) is 18.6 Å². The van der Waals surface area contributed by atoms with Crippen LogP contribution in [-0.4, -0.2) is 9.97 Å². The molecule has 0 fully saturated rings. The van der Waals surface area contributed by atoms with Gasteiger partial charge in [0.1, 0.15) is 18.0 Å². The predicted molar refractivity (Wildman–Crippen MR) is 95.8 cm³/mol. The molecule has 25 heavy (non-hydrogen) atoms. The lowest BCUT2D eigenvalue weighted by molar-refractivity contribution is 0.614. The molecule has 3 aromatic rings. The van der Waals surface area contributed by atoms with E-state index in [9.17, 15) is 8.78 Å². The van der Waals surface area contributed by atoms with E-state index in [1.807, 2.05) is 0 Å². The number of nitrogen functional groups attached to an aromatic ring is 1. The molecular formula is C18H13Cl2F2N3. The number of anilines is 1. The van der Waals surface area contributed by atoms with Crippen molar-refractivity contribution in [3.05, 3.63) is 75.3 Å². The third-order valence-electron chi connectivity index (χ3n) is 3.85. The summed E-state index contributed by atoms with van der Waals surface area (Å²) in [6, 6.07) is 6.75. The number of nitrogens with two attached hydrogens (primary N) is 1. The number of hydrogen-bond acceptors (Lipinski definition) is 3. The summed E-state index contributed by atoms with van der Waals surface area (Å²) in [5.41, 5.74) is 8.80. The monoisotopic (exact) mass is 379 g/mol. The second-order valence-corrected chi connectivity index (χ2v) is 6.38. The van der Waals surface area contributed by atoms with Gasteiger partial charge >= 0.3 is 0 Å². The number of benzene rings is 2. The summed E-state index contributed by atoms with van der Waals surface area (Å²) in [6.07, 6.45) is 1.51. The summed E-state index contributed by atoms with van der Waals surface area (Å²) in [5, 5.41) is 0.447. The Morgan fingerprint density at radius 2 is 1.84 bits per heavy atom. The summed E-state index contributed by atoms with van der Waals surface area (Å²) in [7, 11) is 0. The van der Waals surface area contributed by atoms with Crippen molar-refractivity contribution >= 4 is 28.9 Å². The maximum Gasteiger partial charge on any atom is 0.130 e. The van der Waals surface area contributed by atoms with Crippen molar-refractivity contribution in [3.63, 3.8) is 0 Å². The molecule has 0 aliphatic rings. The number of aromatic nitrogens is 2. The Morgan fingerprint density at radius 1 is 1.08 bits per heavy atom. The van der Waals surface area contributed by atoms with Crippen LogP contribution in [0.25, 0.3) is 11.1 Å². The lowest BCUT2D eigenvalue weighted by atomic mass is 9.97. The van der Waals surface area contributed by atoms with E-state index in [1.54, 1.807) is 13.0 Å². The highest BCUT2D eigenvalue weighted by molar-refractivity contribution is 6.33. The Balaban J connectivity index is 2.14. The molecule has 7 heteroatoms. The molecule has 0 unspecified atom stereocenters. The van der Waals surface area contributed by atoms with Gasteiger partial charge in [0.15, 0.2) is 0 Å². The average molecular weight is 380 g/mol. The van der Waals surface area contributed by atoms with Gasteiger partial charge in [-0.1, -0.05) is 23.2 Å². The van der Waals surface area contributed by atoms with Crippen molar-refractivity contribution in [2.75, 3.05) is 5.73 Å². The molecule has 1 heterocycles. The van der Waals surface area contributed by atoms with E-state index in [1.165, 1.54) is 30.6 Å². The molecule has 0 aliphatic heterocycles. The standard InChI is InChI=1S/C18H13Cl2F2N3/c1-9-18(12-3-2-11(21)6-14(12)20)17(25-8-24-9)7-13-15(22)4-10(19)5-16(13)23/h2-6,8H,7,23H2,1H3. The summed E-state index contributed by atoms with van der Waals surface area (Å²) < 4.78 is 27.6. The van der Waals surface area contributed by atoms with Crippen LogP contribution < -0.4 is 5.73 Å². The van der Waals surface area contributed by atoms with Crippen LogP contribution in [0.2, 0.25) is 10.0 Å². The molecule has 3 nitrogen and oxygen atoms in total. The quantitative estimate of drug-likeness (QED) is 0.635. The highest BCUT2D eigenvalue weighted by atomic mass is 35.5. The highest BCUT2D eigenvalue weighted by Crippen LogP contribution is 2.34. The molecule has 0 atom stereocenters. The normalized spacial score (nSPS) is 10.9. The second-order valence-electron chi connectivity index (χ2n) is 5.54. The molecule has 128 valence electrons. The Kier molecular flexibility index (Phi) is 4.88. The molecule has 2 aromatic carbocycles. The molecule has 1 aromatic heterocycles. The minimum Gasteiger partial charge on any atom is -0.398 e. The summed E-state index contributed by atoms with van der Waals surface area (Å²) in [4.78, 5) is 8.43. The Morgan fingerprint density at radius 3 is 2.52 bits per heavy atom. The minimum absolute atomic E-state index is 0.126. The third kappa shape index (κ3) is 3.57. The van der Waals surface area contributed by atoms with Crippen LogP contribution in [-0.2, 0) is 6.42 Å². The molecule has 3 rings (SSSR count). The van der Waals surface area contributed by atoms with Crippen molar-refractivity contribution in [1.82, 2.24) is 9.97 Å². The van der Waals surface area contributed by atoms with Gasteiger partial charge in [0.25, 0.3) is 0 Å². The van der Waals surface area contributed by atoms with Crippen LogP contribution in [0.3, 0.4) is 0 Å². The topological polar surface area (TPSA) is 51.8 Å². The van der Waals surface area contributed by atoms with Gasteiger partial charge < -0.3 is 5.73 Å². The number of rotatable bonds is 3. The van der Waals surface area contributed by atoms with Crippen LogP contribution in [0.15, 0.2) is 36.7 Å². The smallest absolute Gasteiger partial charge is 0.130 e. The molecule has 0 bridgehead atoms. The van der Waals surface area contributed by atoms with Crippen LogP contribution in [0.5, 0.6) is 0 Å². The van der Waals surface area contributed by atoms with E-state index in [2.05, 4.69) is 9.97 Å². The maximum atomic E-state index is 14.3. The van der Waals surface area contributed by atoms with Gasteiger partial charge in [-0.3, -0.25) is 0 Å². The lowest BCUT2D eigenvalue weighted by Gasteiger charge is -2.14. The number of hydrogen-bond donors (Lipinski definition) is 1. The molecule has 0 radical (unpaired) electrons. The predicted octanol–water partition coefficient (Wildman–Crippen LogP) is 5.21. The van der Waals surface area contributed by atoms with E-state index in [4.69, 9.17) is 28.9 Å². The third-order valence-corrected chi connectivity index (χ3v) is 4.39. The highest BCUT2D eigenvalue weighted by Gasteiger charge is 2.18. The average Bonchev–Trinajstić information content (AvgIpc) is 2.52. The zero-order valence-electron chi connectivity index (χ0n) is 13.2. The second kappa shape index (κ2) is 6.94. The first-order valence-electron chi connectivity index (χ1n) is 7.36. The van der Waals surface area contributed by atoms with Gasteiger partial charge in [-0.25, -0.2) is 18.7 Å². The number of halogens is 4.